The molecule has 1 saturated carbocycles. The number of hydrogen-bond acceptors (Lipinski definition) is 5. The van der Waals surface area contributed by atoms with Gasteiger partial charge in [0.05, 0.1) is 13.0 Å². The minimum absolute atomic E-state index is 0.0357. The zero-order valence-corrected chi connectivity index (χ0v) is 17.5. The van der Waals surface area contributed by atoms with Crippen LogP contribution in [0.1, 0.15) is 39.5 Å². The second-order valence-electron chi connectivity index (χ2n) is 7.13. The number of amides is 3. The van der Waals surface area contributed by atoms with Gasteiger partial charge in [0.2, 0.25) is 11.8 Å². The number of hydrogen-bond donors (Lipinski definition) is 2. The number of carbonyl (C=O) groups excluding carboxylic acids is 3. The smallest absolute Gasteiger partial charge is 0.254 e. The molecule has 2 aliphatic rings. The van der Waals surface area contributed by atoms with Crippen LogP contribution in [-0.4, -0.2) is 51.9 Å². The topological polar surface area (TPSA) is 91.0 Å². The van der Waals surface area contributed by atoms with Crippen LogP contribution in [-0.2, 0) is 14.4 Å². The SMILES string of the molecule is CCCOc1ccc(NC(=O)CC2C(=O)N(CC)C(=S)N2NC(=O)C2CC2)cc1. The van der Waals surface area contributed by atoms with Gasteiger partial charge >= 0.3 is 0 Å². The molecular formula is C20H26N4O4S. The van der Waals surface area contributed by atoms with E-state index < -0.39 is 6.04 Å². The van der Waals surface area contributed by atoms with Crippen LogP contribution in [0.3, 0.4) is 0 Å². The van der Waals surface area contributed by atoms with E-state index in [1.54, 1.807) is 31.2 Å². The number of hydrazine groups is 1. The molecule has 1 aromatic rings. The minimum Gasteiger partial charge on any atom is -0.494 e. The van der Waals surface area contributed by atoms with Crippen molar-refractivity contribution in [3.05, 3.63) is 24.3 Å². The van der Waals surface area contributed by atoms with E-state index >= 15 is 0 Å². The van der Waals surface area contributed by atoms with Crippen LogP contribution >= 0.6 is 12.2 Å². The Labute approximate surface area is 175 Å². The minimum atomic E-state index is -0.850. The number of likely N-dealkylation sites (N-methyl/N-ethyl adjacent to an activating group) is 1. The lowest BCUT2D eigenvalue weighted by molar-refractivity contribution is -0.133. The molecule has 1 unspecified atom stereocenters. The Hall–Kier alpha value is -2.68. The monoisotopic (exact) mass is 418 g/mol. The first kappa shape index (κ1) is 21.0. The van der Waals surface area contributed by atoms with Gasteiger partial charge in [-0.2, -0.15) is 0 Å². The van der Waals surface area contributed by atoms with E-state index in [0.29, 0.717) is 18.8 Å². The Morgan fingerprint density at radius 3 is 2.48 bits per heavy atom. The van der Waals surface area contributed by atoms with E-state index in [2.05, 4.69) is 10.7 Å². The summed E-state index contributed by atoms with van der Waals surface area (Å²) in [7, 11) is 0. The van der Waals surface area contributed by atoms with Crippen molar-refractivity contribution >= 4 is 40.7 Å². The maximum atomic E-state index is 12.7. The van der Waals surface area contributed by atoms with E-state index in [0.717, 1.165) is 25.0 Å². The fraction of sp³-hybridized carbons (Fsp3) is 0.500. The fourth-order valence-corrected chi connectivity index (χ4v) is 3.43. The average Bonchev–Trinajstić information content (AvgIpc) is 3.52. The van der Waals surface area contributed by atoms with Crippen molar-refractivity contribution in [2.75, 3.05) is 18.5 Å². The Balaban J connectivity index is 1.63. The van der Waals surface area contributed by atoms with Crippen molar-refractivity contribution in [1.82, 2.24) is 15.3 Å². The summed E-state index contributed by atoms with van der Waals surface area (Å²) in [6, 6.07) is 6.20. The lowest BCUT2D eigenvalue weighted by Crippen LogP contribution is -2.50. The first-order chi connectivity index (χ1) is 13.9. The third kappa shape index (κ3) is 5.03. The fourth-order valence-electron chi connectivity index (χ4n) is 3.04. The summed E-state index contributed by atoms with van der Waals surface area (Å²) >= 11 is 5.34. The standard InChI is InChI=1S/C20H26N4O4S/c1-3-11-28-15-9-7-14(8-10-15)21-17(25)12-16-19(27)23(4-2)20(29)24(16)22-18(26)13-5-6-13/h7-10,13,16H,3-6,11-12H2,1-2H3,(H,21,25)(H,22,26). The van der Waals surface area contributed by atoms with E-state index in [1.165, 1.54) is 9.91 Å². The van der Waals surface area contributed by atoms with Crippen LogP contribution < -0.4 is 15.5 Å². The van der Waals surface area contributed by atoms with Gasteiger partial charge in [0.15, 0.2) is 5.11 Å². The van der Waals surface area contributed by atoms with Gasteiger partial charge in [-0.3, -0.25) is 24.7 Å². The molecule has 3 amide bonds. The molecule has 2 fully saturated rings. The van der Waals surface area contributed by atoms with E-state index in [4.69, 9.17) is 17.0 Å². The summed E-state index contributed by atoms with van der Waals surface area (Å²) in [6.45, 7) is 4.84. The largest absolute Gasteiger partial charge is 0.494 e. The van der Waals surface area contributed by atoms with Crippen molar-refractivity contribution in [3.63, 3.8) is 0 Å². The highest BCUT2D eigenvalue weighted by Gasteiger charge is 2.45. The summed E-state index contributed by atoms with van der Waals surface area (Å²) in [5.41, 5.74) is 3.33. The Kier molecular flexibility index (Phi) is 6.68. The molecule has 1 heterocycles. The van der Waals surface area contributed by atoms with Crippen molar-refractivity contribution in [3.8, 4) is 5.75 Å². The molecule has 2 N–H and O–H groups in total. The molecule has 1 saturated heterocycles. The van der Waals surface area contributed by atoms with Crippen molar-refractivity contribution in [2.45, 2.75) is 45.6 Å². The molecule has 1 aliphatic heterocycles. The predicted molar refractivity (Wildman–Crippen MR) is 112 cm³/mol. The highest BCUT2D eigenvalue weighted by atomic mass is 32.1. The van der Waals surface area contributed by atoms with Crippen molar-refractivity contribution in [1.29, 1.82) is 0 Å². The summed E-state index contributed by atoms with van der Waals surface area (Å²) in [5.74, 6) is -0.0875. The molecule has 3 rings (SSSR count). The highest BCUT2D eigenvalue weighted by Crippen LogP contribution is 2.30. The Morgan fingerprint density at radius 1 is 1.21 bits per heavy atom. The van der Waals surface area contributed by atoms with Gasteiger partial charge in [-0.15, -0.1) is 0 Å². The second-order valence-corrected chi connectivity index (χ2v) is 7.49. The molecule has 156 valence electrons. The molecule has 0 aromatic heterocycles. The van der Waals surface area contributed by atoms with Crippen molar-refractivity contribution in [2.24, 2.45) is 5.92 Å². The molecule has 9 heteroatoms. The number of nitrogens with zero attached hydrogens (tertiary/aromatic N) is 2. The zero-order valence-electron chi connectivity index (χ0n) is 16.6. The van der Waals surface area contributed by atoms with Crippen LogP contribution in [0.5, 0.6) is 5.75 Å². The predicted octanol–water partition coefficient (Wildman–Crippen LogP) is 2.06. The van der Waals surface area contributed by atoms with Crippen LogP contribution in [0.25, 0.3) is 0 Å². The van der Waals surface area contributed by atoms with Gasteiger partial charge in [0.1, 0.15) is 11.8 Å². The molecule has 0 bridgehead atoms. The van der Waals surface area contributed by atoms with Crippen LogP contribution in [0, 0.1) is 5.92 Å². The summed E-state index contributed by atoms with van der Waals surface area (Å²) in [4.78, 5) is 38.8. The molecule has 1 atom stereocenters. The first-order valence-electron chi connectivity index (χ1n) is 9.92. The van der Waals surface area contributed by atoms with Gasteiger partial charge in [0.25, 0.3) is 5.91 Å². The number of rotatable bonds is 9. The van der Waals surface area contributed by atoms with Gasteiger partial charge < -0.3 is 10.1 Å². The zero-order chi connectivity index (χ0) is 21.0. The molecule has 8 nitrogen and oxygen atoms in total. The number of nitrogens with one attached hydrogen (secondary N) is 2. The number of ether oxygens (including phenoxy) is 1. The number of carbonyl (C=O) groups is 3. The second kappa shape index (κ2) is 9.21. The number of anilines is 1. The normalized spacial score (nSPS) is 18.8. The third-order valence-corrected chi connectivity index (χ3v) is 5.20. The lowest BCUT2D eigenvalue weighted by atomic mass is 10.2. The molecule has 1 aliphatic carbocycles. The van der Waals surface area contributed by atoms with Crippen LogP contribution in [0.15, 0.2) is 24.3 Å². The number of benzene rings is 1. The highest BCUT2D eigenvalue weighted by molar-refractivity contribution is 7.80. The van der Waals surface area contributed by atoms with Gasteiger partial charge in [-0.1, -0.05) is 6.92 Å². The van der Waals surface area contributed by atoms with Gasteiger partial charge in [-0.05, 0) is 62.7 Å². The van der Waals surface area contributed by atoms with E-state index in [9.17, 15) is 14.4 Å². The maximum absolute atomic E-state index is 12.7. The van der Waals surface area contributed by atoms with Crippen LogP contribution in [0.2, 0.25) is 0 Å². The molecular weight excluding hydrogens is 392 g/mol. The first-order valence-corrected chi connectivity index (χ1v) is 10.3. The molecule has 29 heavy (non-hydrogen) atoms. The van der Waals surface area contributed by atoms with Gasteiger partial charge in [0, 0.05) is 18.2 Å². The van der Waals surface area contributed by atoms with Gasteiger partial charge in [-0.25, -0.2) is 5.01 Å². The summed E-state index contributed by atoms with van der Waals surface area (Å²) in [6.07, 6.45) is 2.47. The Bertz CT molecular complexity index is 794. The van der Waals surface area contributed by atoms with E-state index in [1.807, 2.05) is 6.92 Å². The third-order valence-electron chi connectivity index (χ3n) is 4.78. The molecule has 1 aromatic carbocycles. The maximum Gasteiger partial charge on any atom is 0.254 e. The number of thiocarbonyl (C=S) groups is 1. The van der Waals surface area contributed by atoms with E-state index in [-0.39, 0.29) is 35.2 Å². The summed E-state index contributed by atoms with van der Waals surface area (Å²) < 4.78 is 5.52. The van der Waals surface area contributed by atoms with Crippen LogP contribution in [0.4, 0.5) is 5.69 Å². The average molecular weight is 419 g/mol. The molecule has 0 radical (unpaired) electrons. The Morgan fingerprint density at radius 2 is 1.90 bits per heavy atom. The van der Waals surface area contributed by atoms with Crippen molar-refractivity contribution < 1.29 is 19.1 Å². The lowest BCUT2D eigenvalue weighted by Gasteiger charge is -2.24. The molecule has 0 spiro atoms. The quantitative estimate of drug-likeness (QED) is 0.597. The summed E-state index contributed by atoms with van der Waals surface area (Å²) in [5, 5.41) is 4.37.